The summed E-state index contributed by atoms with van der Waals surface area (Å²) < 4.78 is 0. The van der Waals surface area contributed by atoms with Crippen LogP contribution in [0.4, 0.5) is 0 Å². The monoisotopic (exact) mass is 334 g/mol. The molecule has 0 aliphatic rings. The molecule has 0 aliphatic heterocycles. The molecule has 0 radical (unpaired) electrons. The molecule has 0 unspecified atom stereocenters. The van der Waals surface area contributed by atoms with Gasteiger partial charge >= 0.3 is 0 Å². The summed E-state index contributed by atoms with van der Waals surface area (Å²) in [4.78, 5) is 19.2. The lowest BCUT2D eigenvalue weighted by atomic mass is 10.0. The normalized spacial score (nSPS) is 12.0. The Bertz CT molecular complexity index is 1550. The van der Waals surface area contributed by atoms with Crippen molar-refractivity contribution in [3.8, 4) is 0 Å². The average molecular weight is 334 g/mol. The summed E-state index contributed by atoms with van der Waals surface area (Å²) in [6, 6.07) is 24.7. The average Bonchev–Trinajstić information content (AvgIpc) is 3.08. The molecule has 3 nitrogen and oxygen atoms in total. The maximum Gasteiger partial charge on any atom is 0.256 e. The van der Waals surface area contributed by atoms with Crippen molar-refractivity contribution in [3.63, 3.8) is 0 Å². The molecule has 0 saturated heterocycles. The number of hydrogen-bond acceptors (Lipinski definition) is 1. The number of H-pyrrole nitrogens is 2. The van der Waals surface area contributed by atoms with Crippen molar-refractivity contribution in [1.82, 2.24) is 9.97 Å². The standard InChI is InChI=1S/C23H14N2O/c26-23-17-8-4-3-7-15(17)16-10-11-18-20-14-6-2-1-5-13(14)9-12-19(20)24-22(18)21(16)25-23/h1-12,24H,(H,25,26). The Kier molecular flexibility index (Phi) is 2.49. The van der Waals surface area contributed by atoms with Crippen LogP contribution in [0.5, 0.6) is 0 Å². The van der Waals surface area contributed by atoms with Gasteiger partial charge in [-0.05, 0) is 28.3 Å². The number of fused-ring (bicyclic) bond motifs is 9. The molecule has 0 bridgehead atoms. The summed E-state index contributed by atoms with van der Waals surface area (Å²) in [5, 5.41) is 7.54. The molecule has 0 fully saturated rings. The van der Waals surface area contributed by atoms with Crippen molar-refractivity contribution in [2.75, 3.05) is 0 Å². The second-order valence-electron chi connectivity index (χ2n) is 6.74. The quantitative estimate of drug-likeness (QED) is 0.356. The van der Waals surface area contributed by atoms with Crippen LogP contribution in [0, 0.1) is 0 Å². The molecule has 122 valence electrons. The Labute approximate surface area is 147 Å². The molecule has 0 atom stereocenters. The van der Waals surface area contributed by atoms with Gasteiger partial charge in [-0.25, -0.2) is 0 Å². The van der Waals surface area contributed by atoms with Gasteiger partial charge in [0.2, 0.25) is 0 Å². The highest BCUT2D eigenvalue weighted by Gasteiger charge is 2.13. The maximum absolute atomic E-state index is 12.6. The minimum Gasteiger partial charge on any atom is -0.353 e. The summed E-state index contributed by atoms with van der Waals surface area (Å²) in [6.07, 6.45) is 0. The minimum atomic E-state index is -0.0517. The molecule has 0 amide bonds. The van der Waals surface area contributed by atoms with Gasteiger partial charge in [-0.1, -0.05) is 60.7 Å². The van der Waals surface area contributed by atoms with E-state index in [0.29, 0.717) is 0 Å². The molecule has 6 rings (SSSR count). The van der Waals surface area contributed by atoms with E-state index < -0.39 is 0 Å². The molecule has 0 spiro atoms. The number of hydrogen-bond donors (Lipinski definition) is 2. The van der Waals surface area contributed by atoms with E-state index in [1.807, 2.05) is 24.3 Å². The zero-order valence-electron chi connectivity index (χ0n) is 13.8. The fourth-order valence-corrected chi connectivity index (χ4v) is 4.19. The SMILES string of the molecule is O=c1[nH]c2c(ccc3c2[nH]c2ccc4ccccc4c23)c2ccccc12. The molecule has 2 aromatic heterocycles. The lowest BCUT2D eigenvalue weighted by Crippen LogP contribution is -2.06. The van der Waals surface area contributed by atoms with Crippen molar-refractivity contribution in [3.05, 3.63) is 83.2 Å². The molecule has 3 heteroatoms. The van der Waals surface area contributed by atoms with Gasteiger partial charge in [-0.15, -0.1) is 0 Å². The van der Waals surface area contributed by atoms with Gasteiger partial charge in [0.25, 0.3) is 5.56 Å². The summed E-state index contributed by atoms with van der Waals surface area (Å²) in [5.74, 6) is 0. The van der Waals surface area contributed by atoms with Crippen LogP contribution < -0.4 is 5.56 Å². The molecule has 0 aliphatic carbocycles. The van der Waals surface area contributed by atoms with Crippen molar-refractivity contribution in [2.45, 2.75) is 0 Å². The van der Waals surface area contributed by atoms with Crippen LogP contribution in [0.15, 0.2) is 77.6 Å². The maximum atomic E-state index is 12.6. The molecule has 4 aromatic carbocycles. The lowest BCUT2D eigenvalue weighted by Gasteiger charge is -2.05. The Morgan fingerprint density at radius 3 is 2.12 bits per heavy atom. The van der Waals surface area contributed by atoms with Gasteiger partial charge in [0.1, 0.15) is 0 Å². The van der Waals surface area contributed by atoms with E-state index >= 15 is 0 Å². The van der Waals surface area contributed by atoms with Gasteiger partial charge < -0.3 is 9.97 Å². The second-order valence-corrected chi connectivity index (χ2v) is 6.74. The van der Waals surface area contributed by atoms with Gasteiger partial charge in [0, 0.05) is 27.1 Å². The first kappa shape index (κ1) is 13.7. The first-order chi connectivity index (χ1) is 12.8. The highest BCUT2D eigenvalue weighted by atomic mass is 16.1. The number of aromatic amines is 2. The first-order valence-corrected chi connectivity index (χ1v) is 8.68. The van der Waals surface area contributed by atoms with E-state index in [1.165, 1.54) is 16.2 Å². The fourth-order valence-electron chi connectivity index (χ4n) is 4.19. The third-order valence-electron chi connectivity index (χ3n) is 5.36. The Morgan fingerprint density at radius 1 is 0.538 bits per heavy atom. The number of rotatable bonds is 0. The summed E-state index contributed by atoms with van der Waals surface area (Å²) in [7, 11) is 0. The van der Waals surface area contributed by atoms with Gasteiger partial charge in [0.05, 0.1) is 11.0 Å². The van der Waals surface area contributed by atoms with E-state index in [2.05, 4.69) is 58.5 Å². The highest BCUT2D eigenvalue weighted by Crippen LogP contribution is 2.35. The third kappa shape index (κ3) is 1.64. The molecular formula is C23H14N2O. The predicted molar refractivity (Wildman–Crippen MR) is 109 cm³/mol. The second kappa shape index (κ2) is 4.73. The molecule has 6 aromatic rings. The highest BCUT2D eigenvalue weighted by molar-refractivity contribution is 6.25. The lowest BCUT2D eigenvalue weighted by molar-refractivity contribution is 1.35. The molecule has 26 heavy (non-hydrogen) atoms. The van der Waals surface area contributed by atoms with Crippen molar-refractivity contribution >= 4 is 54.3 Å². The van der Waals surface area contributed by atoms with Crippen LogP contribution in [-0.4, -0.2) is 9.97 Å². The number of nitrogens with one attached hydrogen (secondary N) is 2. The van der Waals surface area contributed by atoms with Crippen LogP contribution >= 0.6 is 0 Å². The molecule has 0 saturated carbocycles. The van der Waals surface area contributed by atoms with Crippen molar-refractivity contribution < 1.29 is 0 Å². The largest absolute Gasteiger partial charge is 0.353 e. The van der Waals surface area contributed by atoms with Crippen LogP contribution in [0.2, 0.25) is 0 Å². The van der Waals surface area contributed by atoms with E-state index in [9.17, 15) is 4.79 Å². The fraction of sp³-hybridized carbons (Fsp3) is 0. The molecular weight excluding hydrogens is 320 g/mol. The van der Waals surface area contributed by atoms with Crippen molar-refractivity contribution in [1.29, 1.82) is 0 Å². The Hall–Kier alpha value is -3.59. The van der Waals surface area contributed by atoms with Gasteiger partial charge in [0.15, 0.2) is 0 Å². The number of pyridine rings is 1. The zero-order chi connectivity index (χ0) is 17.3. The van der Waals surface area contributed by atoms with Crippen LogP contribution in [0.25, 0.3) is 54.3 Å². The van der Waals surface area contributed by atoms with Gasteiger partial charge in [-0.2, -0.15) is 0 Å². The van der Waals surface area contributed by atoms with E-state index in [4.69, 9.17) is 0 Å². The topological polar surface area (TPSA) is 48.6 Å². The minimum absolute atomic E-state index is 0.0517. The number of aromatic nitrogens is 2. The van der Waals surface area contributed by atoms with E-state index in [1.54, 1.807) is 0 Å². The third-order valence-corrected chi connectivity index (χ3v) is 5.36. The van der Waals surface area contributed by atoms with Crippen molar-refractivity contribution in [2.24, 2.45) is 0 Å². The molecule has 2 heterocycles. The van der Waals surface area contributed by atoms with Crippen LogP contribution in [-0.2, 0) is 0 Å². The summed E-state index contributed by atoms with van der Waals surface area (Å²) in [5.41, 5.74) is 2.88. The smallest absolute Gasteiger partial charge is 0.256 e. The zero-order valence-corrected chi connectivity index (χ0v) is 13.8. The summed E-state index contributed by atoms with van der Waals surface area (Å²) >= 11 is 0. The van der Waals surface area contributed by atoms with E-state index in [-0.39, 0.29) is 5.56 Å². The van der Waals surface area contributed by atoms with Crippen LogP contribution in [0.1, 0.15) is 0 Å². The molecule has 2 N–H and O–H groups in total. The Morgan fingerprint density at radius 2 is 1.23 bits per heavy atom. The van der Waals surface area contributed by atoms with E-state index in [0.717, 1.165) is 38.1 Å². The van der Waals surface area contributed by atoms with Gasteiger partial charge in [-0.3, -0.25) is 4.79 Å². The number of benzene rings is 4. The van der Waals surface area contributed by atoms with Crippen LogP contribution in [0.3, 0.4) is 0 Å². The summed E-state index contributed by atoms with van der Waals surface area (Å²) in [6.45, 7) is 0. The first-order valence-electron chi connectivity index (χ1n) is 8.68. The predicted octanol–water partition coefficient (Wildman–Crippen LogP) is 5.47. The Balaban J connectivity index is 1.91.